The normalized spacial score (nSPS) is 33.6. The Morgan fingerprint density at radius 2 is 1.91 bits per heavy atom. The molecule has 3 saturated heterocycles. The average Bonchev–Trinajstić information content (AvgIpc) is 3.30. The van der Waals surface area contributed by atoms with Crippen LogP contribution in [0.5, 0.6) is 0 Å². The minimum atomic E-state index is -3.97. The van der Waals surface area contributed by atoms with E-state index in [0.29, 0.717) is 0 Å². The number of ether oxygens (including phenoxy) is 1. The summed E-state index contributed by atoms with van der Waals surface area (Å²) in [5.41, 5.74) is -4.08. The van der Waals surface area contributed by atoms with Gasteiger partial charge in [-0.05, 0) is 50.6 Å². The Hall–Kier alpha value is -3.10. The molecule has 180 valence electrons. The maximum atomic E-state index is 13.9. The van der Waals surface area contributed by atoms with E-state index in [2.05, 4.69) is 4.72 Å². The van der Waals surface area contributed by atoms with Crippen molar-refractivity contribution in [2.45, 2.75) is 42.4 Å². The molecule has 5 atom stereocenters. The monoisotopic (exact) mass is 512 g/mol. The van der Waals surface area contributed by atoms with E-state index in [1.54, 1.807) is 32.0 Å². The van der Waals surface area contributed by atoms with Gasteiger partial charge in [0, 0.05) is 6.21 Å². The van der Waals surface area contributed by atoms with Gasteiger partial charge in [0.2, 0.25) is 21.8 Å². The van der Waals surface area contributed by atoms with Crippen molar-refractivity contribution in [3.8, 4) is 6.07 Å². The van der Waals surface area contributed by atoms with Crippen LogP contribution in [-0.2, 0) is 24.3 Å². The van der Waals surface area contributed by atoms with Gasteiger partial charge in [0.05, 0.1) is 38.7 Å². The molecule has 2 aromatic carbocycles. The standard InChI is InChI=1S/C24H21ClN4O5S/c1-22-11-18(28-35(32,33)16-6-4-3-5-7-16)23(2,34-22)24(13-27)19(22)20(30)29(21(24)31)15-9-8-14(12-26)17(25)10-15/h3-10,13,18-19,27-28H,11H2,1-2H3/t18?,19?,22-,23+,24?/m1/s1. The summed E-state index contributed by atoms with van der Waals surface area (Å²) in [7, 11) is -3.97. The van der Waals surface area contributed by atoms with Crippen LogP contribution in [0.2, 0.25) is 5.02 Å². The van der Waals surface area contributed by atoms with Crippen molar-refractivity contribution in [3.63, 3.8) is 0 Å². The first-order chi connectivity index (χ1) is 16.4. The van der Waals surface area contributed by atoms with Gasteiger partial charge < -0.3 is 10.1 Å². The lowest BCUT2D eigenvalue weighted by Gasteiger charge is -2.42. The Morgan fingerprint density at radius 3 is 2.51 bits per heavy atom. The Morgan fingerprint density at radius 1 is 1.23 bits per heavy atom. The minimum Gasteiger partial charge on any atom is -0.365 e. The van der Waals surface area contributed by atoms with Crippen LogP contribution in [-0.4, -0.2) is 43.7 Å². The summed E-state index contributed by atoms with van der Waals surface area (Å²) in [4.78, 5) is 28.6. The highest BCUT2D eigenvalue weighted by molar-refractivity contribution is 7.89. The number of nitrogens with one attached hydrogen (secondary N) is 2. The second-order valence-corrected chi connectivity index (χ2v) is 11.5. The molecule has 3 heterocycles. The fourth-order valence-corrected chi connectivity index (χ4v) is 7.55. The Kier molecular flexibility index (Phi) is 5.03. The molecule has 3 aliphatic rings. The molecule has 9 nitrogen and oxygen atoms in total. The number of rotatable bonds is 5. The summed E-state index contributed by atoms with van der Waals surface area (Å²) in [5.74, 6) is -2.29. The van der Waals surface area contributed by atoms with Gasteiger partial charge in [0.25, 0.3) is 0 Å². The quantitative estimate of drug-likeness (QED) is 0.466. The van der Waals surface area contributed by atoms with Crippen molar-refractivity contribution >= 4 is 45.3 Å². The van der Waals surface area contributed by atoms with Gasteiger partial charge in [-0.2, -0.15) is 5.26 Å². The number of carbonyl (C=O) groups is 2. The van der Waals surface area contributed by atoms with Crippen LogP contribution in [0.4, 0.5) is 5.69 Å². The van der Waals surface area contributed by atoms with Gasteiger partial charge in [-0.1, -0.05) is 29.8 Å². The fourth-order valence-electron chi connectivity index (χ4n) is 6.00. The summed E-state index contributed by atoms with van der Waals surface area (Å²) < 4.78 is 35.1. The molecule has 3 unspecified atom stereocenters. The summed E-state index contributed by atoms with van der Waals surface area (Å²) in [6.45, 7) is 3.24. The van der Waals surface area contributed by atoms with Crippen LogP contribution in [0, 0.1) is 28.1 Å². The second-order valence-electron chi connectivity index (χ2n) is 9.41. The van der Waals surface area contributed by atoms with E-state index < -0.39 is 50.4 Å². The van der Waals surface area contributed by atoms with E-state index in [-0.39, 0.29) is 27.6 Å². The number of nitriles is 1. The second kappa shape index (κ2) is 7.45. The number of hydrogen-bond donors (Lipinski definition) is 2. The Bertz CT molecular complexity index is 1440. The summed E-state index contributed by atoms with van der Waals surface area (Å²) >= 11 is 6.15. The number of halogens is 1. The summed E-state index contributed by atoms with van der Waals surface area (Å²) in [6, 6.07) is 13.1. The number of fused-ring (bicyclic) bond motifs is 5. The van der Waals surface area contributed by atoms with Crippen molar-refractivity contribution in [1.82, 2.24) is 4.72 Å². The fraction of sp³-hybridized carbons (Fsp3) is 0.333. The molecular weight excluding hydrogens is 492 g/mol. The van der Waals surface area contributed by atoms with Crippen molar-refractivity contribution in [2.75, 3.05) is 4.90 Å². The van der Waals surface area contributed by atoms with Crippen LogP contribution in [0.15, 0.2) is 53.4 Å². The zero-order valence-corrected chi connectivity index (χ0v) is 20.4. The number of imide groups is 1. The molecule has 2 amide bonds. The van der Waals surface area contributed by atoms with Gasteiger partial charge >= 0.3 is 0 Å². The average molecular weight is 513 g/mol. The van der Waals surface area contributed by atoms with Crippen LogP contribution in [0.25, 0.3) is 0 Å². The Balaban J connectivity index is 1.59. The maximum Gasteiger partial charge on any atom is 0.249 e. The van der Waals surface area contributed by atoms with Crippen molar-refractivity contribution in [1.29, 1.82) is 10.7 Å². The molecule has 0 saturated carbocycles. The smallest absolute Gasteiger partial charge is 0.249 e. The number of sulfonamides is 1. The molecule has 3 aliphatic heterocycles. The molecule has 3 fully saturated rings. The molecule has 0 aliphatic carbocycles. The topological polar surface area (TPSA) is 140 Å². The third-order valence-electron chi connectivity index (χ3n) is 7.54. The number of anilines is 1. The third-order valence-corrected chi connectivity index (χ3v) is 9.34. The highest BCUT2D eigenvalue weighted by Crippen LogP contribution is 2.67. The van der Waals surface area contributed by atoms with Crippen LogP contribution < -0.4 is 9.62 Å². The molecular formula is C24H21ClN4O5S. The molecule has 11 heteroatoms. The van der Waals surface area contributed by atoms with Gasteiger partial charge in [-0.25, -0.2) is 18.0 Å². The lowest BCUT2D eigenvalue weighted by molar-refractivity contribution is -0.132. The highest BCUT2D eigenvalue weighted by atomic mass is 35.5. The number of nitrogens with zero attached hydrogens (tertiary/aromatic N) is 2. The van der Waals surface area contributed by atoms with E-state index in [0.717, 1.165) is 11.1 Å². The largest absolute Gasteiger partial charge is 0.365 e. The van der Waals surface area contributed by atoms with Crippen molar-refractivity contribution in [2.24, 2.45) is 11.3 Å². The first-order valence-electron chi connectivity index (χ1n) is 10.8. The van der Waals surface area contributed by atoms with Crippen LogP contribution >= 0.6 is 11.6 Å². The summed E-state index contributed by atoms with van der Waals surface area (Å²) in [6.07, 6.45) is 1.05. The number of amides is 2. The van der Waals surface area contributed by atoms with Gasteiger partial charge in [0.15, 0.2) is 0 Å². The molecule has 35 heavy (non-hydrogen) atoms. The van der Waals surface area contributed by atoms with Crippen molar-refractivity contribution < 1.29 is 22.7 Å². The summed E-state index contributed by atoms with van der Waals surface area (Å²) in [5, 5.41) is 17.5. The zero-order chi connectivity index (χ0) is 25.4. The first kappa shape index (κ1) is 23.6. The predicted octanol–water partition coefficient (Wildman–Crippen LogP) is 2.64. The third kappa shape index (κ3) is 2.93. The number of carbonyl (C=O) groups excluding carboxylic acids is 2. The van der Waals surface area contributed by atoms with Crippen molar-refractivity contribution in [3.05, 3.63) is 59.1 Å². The lowest BCUT2D eigenvalue weighted by atomic mass is 9.57. The molecule has 0 spiro atoms. The van der Waals surface area contributed by atoms with Gasteiger partial charge in [0.1, 0.15) is 17.1 Å². The molecule has 0 radical (unpaired) electrons. The van der Waals surface area contributed by atoms with E-state index in [1.807, 2.05) is 6.07 Å². The predicted molar refractivity (Wildman–Crippen MR) is 126 cm³/mol. The Labute approximate surface area is 207 Å². The van der Waals surface area contributed by atoms with E-state index in [9.17, 15) is 18.0 Å². The number of hydrogen-bond acceptors (Lipinski definition) is 7. The lowest BCUT2D eigenvalue weighted by Crippen LogP contribution is -2.63. The van der Waals surface area contributed by atoms with E-state index in [4.69, 9.17) is 27.0 Å². The van der Waals surface area contributed by atoms with E-state index in [1.165, 1.54) is 30.3 Å². The zero-order valence-electron chi connectivity index (χ0n) is 18.8. The highest BCUT2D eigenvalue weighted by Gasteiger charge is 2.83. The molecule has 5 rings (SSSR count). The molecule has 2 N–H and O–H groups in total. The van der Waals surface area contributed by atoms with E-state index >= 15 is 0 Å². The van der Waals surface area contributed by atoms with Gasteiger partial charge in [-0.15, -0.1) is 0 Å². The van der Waals surface area contributed by atoms with Gasteiger partial charge in [-0.3, -0.25) is 9.59 Å². The number of benzene rings is 2. The molecule has 2 bridgehead atoms. The van der Waals surface area contributed by atoms with Crippen LogP contribution in [0.3, 0.4) is 0 Å². The molecule has 0 aromatic heterocycles. The maximum absolute atomic E-state index is 13.9. The minimum absolute atomic E-state index is 0.0552. The SMILES string of the molecule is C[C@]12CC(NS(=O)(=O)c3ccccc3)[C@](C)(O1)C1(C=N)C(=O)N(c3ccc(C#N)c(Cl)c3)C(=O)C12. The van der Waals surface area contributed by atoms with Crippen LogP contribution in [0.1, 0.15) is 25.8 Å². The molecule has 2 aromatic rings. The first-order valence-corrected chi connectivity index (χ1v) is 12.7.